The summed E-state index contributed by atoms with van der Waals surface area (Å²) in [6.07, 6.45) is 0. The third kappa shape index (κ3) is 2.28. The molecule has 0 fully saturated rings. The lowest BCUT2D eigenvalue weighted by molar-refractivity contribution is 0.0698. The fraction of sp³-hybridized carbons (Fsp3) is 0. The molecule has 2 rings (SSSR count). The summed E-state index contributed by atoms with van der Waals surface area (Å²) in [5, 5.41) is 10.3. The lowest BCUT2D eigenvalue weighted by atomic mass is 10.1. The van der Waals surface area contributed by atoms with E-state index in [0.717, 1.165) is 11.3 Å². The maximum atomic E-state index is 11.3. The quantitative estimate of drug-likeness (QED) is 0.844. The highest BCUT2D eigenvalue weighted by molar-refractivity contribution is 7.86. The van der Waals surface area contributed by atoms with Crippen molar-refractivity contribution >= 4 is 27.4 Å². The van der Waals surface area contributed by atoms with E-state index in [1.165, 1.54) is 5.38 Å². The van der Waals surface area contributed by atoms with E-state index in [4.69, 9.17) is 9.66 Å². The second-order valence-corrected chi connectivity index (χ2v) is 5.69. The molecule has 0 atom stereocenters. The van der Waals surface area contributed by atoms with Gasteiger partial charge in [0.15, 0.2) is 0 Å². The molecular formula is C11H8O5S2. The Hall–Kier alpha value is -1.70. The highest BCUT2D eigenvalue weighted by atomic mass is 32.2. The van der Waals surface area contributed by atoms with Gasteiger partial charge in [0.25, 0.3) is 10.1 Å². The van der Waals surface area contributed by atoms with Gasteiger partial charge in [-0.05, 0) is 5.56 Å². The average Bonchev–Trinajstić information content (AvgIpc) is 2.74. The van der Waals surface area contributed by atoms with E-state index in [9.17, 15) is 13.2 Å². The first-order chi connectivity index (χ1) is 8.41. The molecule has 94 valence electrons. The average molecular weight is 284 g/mol. The predicted molar refractivity (Wildman–Crippen MR) is 66.5 cm³/mol. The van der Waals surface area contributed by atoms with Crippen LogP contribution in [0.5, 0.6) is 0 Å². The van der Waals surface area contributed by atoms with Crippen LogP contribution in [0.2, 0.25) is 0 Å². The SMILES string of the molecule is O=C(O)c1scc(-c2ccccc2)c1S(=O)(=O)O. The molecule has 0 saturated carbocycles. The number of benzene rings is 1. The van der Waals surface area contributed by atoms with Crippen molar-refractivity contribution in [3.8, 4) is 11.1 Å². The molecule has 18 heavy (non-hydrogen) atoms. The van der Waals surface area contributed by atoms with Crippen LogP contribution < -0.4 is 0 Å². The van der Waals surface area contributed by atoms with Gasteiger partial charge in [-0.2, -0.15) is 8.42 Å². The highest BCUT2D eigenvalue weighted by Gasteiger charge is 2.27. The minimum atomic E-state index is -4.58. The molecule has 2 aromatic rings. The van der Waals surface area contributed by atoms with Crippen molar-refractivity contribution in [1.29, 1.82) is 0 Å². The molecule has 0 saturated heterocycles. The van der Waals surface area contributed by atoms with Crippen LogP contribution in [0.25, 0.3) is 11.1 Å². The van der Waals surface area contributed by atoms with Crippen molar-refractivity contribution in [2.24, 2.45) is 0 Å². The van der Waals surface area contributed by atoms with Gasteiger partial charge in [-0.1, -0.05) is 30.3 Å². The Morgan fingerprint density at radius 2 is 1.78 bits per heavy atom. The Morgan fingerprint density at radius 3 is 2.28 bits per heavy atom. The summed E-state index contributed by atoms with van der Waals surface area (Å²) in [6, 6.07) is 8.42. The van der Waals surface area contributed by atoms with Crippen LogP contribution in [0.4, 0.5) is 0 Å². The Bertz CT molecular complexity index is 685. The number of hydrogen-bond acceptors (Lipinski definition) is 4. The standard InChI is InChI=1S/C11H8O5S2/c12-11(13)9-10(18(14,15)16)8(6-17-9)7-4-2-1-3-5-7/h1-6H,(H,12,13)(H,14,15,16). The lowest BCUT2D eigenvalue weighted by Crippen LogP contribution is -2.05. The first-order valence-electron chi connectivity index (χ1n) is 4.79. The monoisotopic (exact) mass is 284 g/mol. The third-order valence-corrected chi connectivity index (χ3v) is 4.32. The molecule has 0 spiro atoms. The van der Waals surface area contributed by atoms with Gasteiger partial charge in [0.2, 0.25) is 0 Å². The van der Waals surface area contributed by atoms with E-state index in [0.29, 0.717) is 5.56 Å². The van der Waals surface area contributed by atoms with Crippen LogP contribution in [0.15, 0.2) is 40.6 Å². The number of carboxylic acids is 1. The smallest absolute Gasteiger partial charge is 0.347 e. The number of aromatic carboxylic acids is 1. The van der Waals surface area contributed by atoms with Gasteiger partial charge in [0.05, 0.1) is 0 Å². The summed E-state index contributed by atoms with van der Waals surface area (Å²) in [7, 11) is -4.58. The topological polar surface area (TPSA) is 91.7 Å². The summed E-state index contributed by atoms with van der Waals surface area (Å²) in [5.41, 5.74) is 0.731. The van der Waals surface area contributed by atoms with Crippen molar-refractivity contribution in [3.63, 3.8) is 0 Å². The van der Waals surface area contributed by atoms with E-state index in [-0.39, 0.29) is 5.56 Å². The van der Waals surface area contributed by atoms with E-state index in [2.05, 4.69) is 0 Å². The Balaban J connectivity index is 2.75. The number of carboxylic acid groups (broad SMARTS) is 1. The summed E-state index contributed by atoms with van der Waals surface area (Å²) >= 11 is 0.767. The molecule has 1 aromatic heterocycles. The maximum Gasteiger partial charge on any atom is 0.347 e. The van der Waals surface area contributed by atoms with E-state index >= 15 is 0 Å². The van der Waals surface area contributed by atoms with Crippen molar-refractivity contribution in [1.82, 2.24) is 0 Å². The van der Waals surface area contributed by atoms with Crippen molar-refractivity contribution in [2.45, 2.75) is 4.90 Å². The second-order valence-electron chi connectivity index (χ2n) is 3.45. The zero-order chi connectivity index (χ0) is 13.3. The van der Waals surface area contributed by atoms with Gasteiger partial charge in [0.1, 0.15) is 9.77 Å². The van der Waals surface area contributed by atoms with E-state index in [1.54, 1.807) is 30.3 Å². The molecule has 2 N–H and O–H groups in total. The van der Waals surface area contributed by atoms with Crippen molar-refractivity contribution in [2.75, 3.05) is 0 Å². The molecule has 0 aliphatic carbocycles. The molecule has 1 aromatic carbocycles. The summed E-state index contributed by atoms with van der Waals surface area (Å²) in [4.78, 5) is 10.0. The fourth-order valence-electron chi connectivity index (χ4n) is 1.57. The normalized spacial score (nSPS) is 11.4. The van der Waals surface area contributed by atoms with E-state index < -0.39 is 25.9 Å². The second kappa shape index (κ2) is 4.52. The molecule has 7 heteroatoms. The van der Waals surface area contributed by atoms with Gasteiger partial charge in [-0.15, -0.1) is 11.3 Å². The Kier molecular flexibility index (Phi) is 3.20. The fourth-order valence-corrected chi connectivity index (χ4v) is 3.69. The summed E-state index contributed by atoms with van der Waals surface area (Å²) < 4.78 is 31.8. The van der Waals surface area contributed by atoms with Crippen LogP contribution in [0.3, 0.4) is 0 Å². The number of thiophene rings is 1. The van der Waals surface area contributed by atoms with Crippen LogP contribution in [-0.2, 0) is 10.1 Å². The molecule has 0 radical (unpaired) electrons. The zero-order valence-corrected chi connectivity index (χ0v) is 10.5. The summed E-state index contributed by atoms with van der Waals surface area (Å²) in [5.74, 6) is -1.38. The molecule has 0 bridgehead atoms. The molecule has 0 amide bonds. The zero-order valence-electron chi connectivity index (χ0n) is 8.90. The third-order valence-electron chi connectivity index (χ3n) is 2.28. The van der Waals surface area contributed by atoms with E-state index in [1.807, 2.05) is 0 Å². The first kappa shape index (κ1) is 12.7. The Morgan fingerprint density at radius 1 is 1.17 bits per heavy atom. The minimum absolute atomic E-state index is 0.195. The van der Waals surface area contributed by atoms with Crippen molar-refractivity contribution in [3.05, 3.63) is 40.6 Å². The van der Waals surface area contributed by atoms with Crippen molar-refractivity contribution < 1.29 is 22.9 Å². The van der Waals surface area contributed by atoms with Crippen LogP contribution in [0, 0.1) is 0 Å². The summed E-state index contributed by atoms with van der Waals surface area (Å²) in [6.45, 7) is 0. The molecular weight excluding hydrogens is 276 g/mol. The highest BCUT2D eigenvalue weighted by Crippen LogP contribution is 2.34. The molecule has 5 nitrogen and oxygen atoms in total. The van der Waals surface area contributed by atoms with Gasteiger partial charge in [-0.25, -0.2) is 4.79 Å². The molecule has 0 aliphatic heterocycles. The first-order valence-corrected chi connectivity index (χ1v) is 7.11. The molecule has 0 aliphatic rings. The van der Waals surface area contributed by atoms with Gasteiger partial charge in [0, 0.05) is 10.9 Å². The predicted octanol–water partition coefficient (Wildman–Crippen LogP) is 2.36. The molecule has 0 unspecified atom stereocenters. The minimum Gasteiger partial charge on any atom is -0.477 e. The van der Waals surface area contributed by atoms with Gasteiger partial charge in [-0.3, -0.25) is 4.55 Å². The number of rotatable bonds is 3. The van der Waals surface area contributed by atoms with Gasteiger partial charge < -0.3 is 5.11 Å². The number of carbonyl (C=O) groups is 1. The molecule has 1 heterocycles. The lowest BCUT2D eigenvalue weighted by Gasteiger charge is -2.02. The van der Waals surface area contributed by atoms with Crippen LogP contribution in [0.1, 0.15) is 9.67 Å². The largest absolute Gasteiger partial charge is 0.477 e. The maximum absolute atomic E-state index is 11.3. The van der Waals surface area contributed by atoms with Crippen LogP contribution in [-0.4, -0.2) is 24.0 Å². The van der Waals surface area contributed by atoms with Crippen LogP contribution >= 0.6 is 11.3 Å². The Labute approximate surface area is 107 Å². The van der Waals surface area contributed by atoms with Gasteiger partial charge >= 0.3 is 5.97 Å². The number of hydrogen-bond donors (Lipinski definition) is 2.